The minimum absolute atomic E-state index is 0.111. The number of hydrogen-bond acceptors (Lipinski definition) is 6. The first-order valence-electron chi connectivity index (χ1n) is 34.5. The number of hydrogen-bond donors (Lipinski definition) is 0. The number of rotatable bonds is 62. The van der Waals surface area contributed by atoms with E-state index >= 15 is 0 Å². The minimum atomic E-state index is -0.824. The van der Waals surface area contributed by atoms with Crippen LogP contribution < -0.4 is 0 Å². The number of ether oxygens (including phenoxy) is 3. The SMILES string of the molecule is CC/C=C\C/C=C\C/C=C\C/C=C\C/C=C\CCCCCCCCCCCC(=O)OCC(COC(=O)C/C=C\C/C=C\C/C=C\C/C=C\C/C=C\CC)OC(=O)CCCCCCCCCCCCCCCCCCCCCCCCCC. The zero-order valence-electron chi connectivity index (χ0n) is 53.7. The molecule has 0 aromatic carbocycles. The molecule has 0 bridgehead atoms. The summed E-state index contributed by atoms with van der Waals surface area (Å²) in [5.41, 5.74) is 0. The molecule has 0 amide bonds. The first-order chi connectivity index (χ1) is 40.5. The van der Waals surface area contributed by atoms with Crippen LogP contribution in [0.2, 0.25) is 0 Å². The van der Waals surface area contributed by atoms with Gasteiger partial charge < -0.3 is 14.2 Å². The quantitative estimate of drug-likeness (QED) is 0.0261. The van der Waals surface area contributed by atoms with E-state index < -0.39 is 12.1 Å². The highest BCUT2D eigenvalue weighted by molar-refractivity contribution is 5.72. The van der Waals surface area contributed by atoms with E-state index in [4.69, 9.17) is 14.2 Å². The van der Waals surface area contributed by atoms with Crippen LogP contribution in [0.15, 0.2) is 122 Å². The van der Waals surface area contributed by atoms with Crippen molar-refractivity contribution in [1.82, 2.24) is 0 Å². The van der Waals surface area contributed by atoms with Crippen molar-refractivity contribution in [3.05, 3.63) is 122 Å². The van der Waals surface area contributed by atoms with Crippen LogP contribution in [0.1, 0.15) is 323 Å². The topological polar surface area (TPSA) is 78.9 Å². The van der Waals surface area contributed by atoms with Crippen molar-refractivity contribution in [2.45, 2.75) is 329 Å². The van der Waals surface area contributed by atoms with Crippen molar-refractivity contribution in [2.24, 2.45) is 0 Å². The van der Waals surface area contributed by atoms with Gasteiger partial charge in [-0.05, 0) is 89.9 Å². The molecule has 0 fully saturated rings. The van der Waals surface area contributed by atoms with Crippen LogP contribution in [0, 0.1) is 0 Å². The molecule has 1 atom stereocenters. The van der Waals surface area contributed by atoms with E-state index in [2.05, 4.69) is 130 Å². The molecule has 0 N–H and O–H groups in total. The highest BCUT2D eigenvalue weighted by Gasteiger charge is 2.19. The average molecular weight is 1140 g/mol. The van der Waals surface area contributed by atoms with Gasteiger partial charge >= 0.3 is 17.9 Å². The van der Waals surface area contributed by atoms with E-state index in [0.717, 1.165) is 109 Å². The van der Waals surface area contributed by atoms with E-state index in [1.165, 1.54) is 173 Å². The number of allylic oxidation sites excluding steroid dienone is 19. The van der Waals surface area contributed by atoms with Gasteiger partial charge in [0.15, 0.2) is 6.10 Å². The Hall–Kier alpha value is -4.19. The summed E-state index contributed by atoms with van der Waals surface area (Å²) in [5, 5.41) is 0. The van der Waals surface area contributed by atoms with Crippen LogP contribution in [0.25, 0.3) is 0 Å². The third-order valence-corrected chi connectivity index (χ3v) is 14.7. The van der Waals surface area contributed by atoms with Gasteiger partial charge in [0.05, 0.1) is 6.42 Å². The van der Waals surface area contributed by atoms with Gasteiger partial charge in [-0.15, -0.1) is 0 Å². The van der Waals surface area contributed by atoms with Gasteiger partial charge in [-0.25, -0.2) is 0 Å². The summed E-state index contributed by atoms with van der Waals surface area (Å²) in [6, 6.07) is 0. The van der Waals surface area contributed by atoms with Crippen molar-refractivity contribution in [3.8, 4) is 0 Å². The molecule has 468 valence electrons. The van der Waals surface area contributed by atoms with Gasteiger partial charge in [0.2, 0.25) is 0 Å². The third-order valence-electron chi connectivity index (χ3n) is 14.7. The monoisotopic (exact) mass is 1140 g/mol. The van der Waals surface area contributed by atoms with Gasteiger partial charge in [0, 0.05) is 12.8 Å². The molecule has 0 radical (unpaired) electrons. The number of carbonyl (C=O) groups is 3. The van der Waals surface area contributed by atoms with Crippen LogP contribution in [0.3, 0.4) is 0 Å². The summed E-state index contributed by atoms with van der Waals surface area (Å²) >= 11 is 0. The van der Waals surface area contributed by atoms with Crippen LogP contribution in [-0.4, -0.2) is 37.2 Å². The van der Waals surface area contributed by atoms with E-state index in [1.54, 1.807) is 6.08 Å². The second-order valence-corrected chi connectivity index (χ2v) is 22.7. The molecule has 0 aliphatic heterocycles. The Morgan fingerprint density at radius 3 is 0.854 bits per heavy atom. The number of carbonyl (C=O) groups excluding carboxylic acids is 3. The Labute approximate surface area is 507 Å². The van der Waals surface area contributed by atoms with Crippen LogP contribution in [0.4, 0.5) is 0 Å². The van der Waals surface area contributed by atoms with Gasteiger partial charge in [-0.1, -0.05) is 335 Å². The van der Waals surface area contributed by atoms with Gasteiger partial charge in [0.1, 0.15) is 13.2 Å². The van der Waals surface area contributed by atoms with E-state index in [0.29, 0.717) is 12.8 Å². The Morgan fingerprint density at radius 1 is 0.268 bits per heavy atom. The second kappa shape index (κ2) is 69.3. The fourth-order valence-corrected chi connectivity index (χ4v) is 9.66. The van der Waals surface area contributed by atoms with Crippen LogP contribution in [-0.2, 0) is 28.6 Å². The highest BCUT2D eigenvalue weighted by Crippen LogP contribution is 2.17. The fourth-order valence-electron chi connectivity index (χ4n) is 9.66. The molecule has 0 heterocycles. The molecule has 0 aliphatic rings. The number of esters is 3. The molecule has 82 heavy (non-hydrogen) atoms. The first kappa shape index (κ1) is 77.8. The van der Waals surface area contributed by atoms with E-state index in [-0.39, 0.29) is 31.6 Å². The summed E-state index contributed by atoms with van der Waals surface area (Å²) in [5.74, 6) is -1.04. The Kier molecular flexibility index (Phi) is 65.8. The molecule has 6 heteroatoms. The van der Waals surface area contributed by atoms with Crippen molar-refractivity contribution < 1.29 is 28.6 Å². The van der Waals surface area contributed by atoms with Crippen LogP contribution >= 0.6 is 0 Å². The third kappa shape index (κ3) is 66.6. The second-order valence-electron chi connectivity index (χ2n) is 22.7. The van der Waals surface area contributed by atoms with Gasteiger partial charge in [-0.3, -0.25) is 14.4 Å². The number of unbranched alkanes of at least 4 members (excludes halogenated alkanes) is 32. The lowest BCUT2D eigenvalue weighted by Crippen LogP contribution is -2.30. The Balaban J connectivity index is 4.39. The largest absolute Gasteiger partial charge is 0.462 e. The molecule has 1 unspecified atom stereocenters. The average Bonchev–Trinajstić information content (AvgIpc) is 3.47. The predicted molar refractivity (Wildman–Crippen MR) is 357 cm³/mol. The molecule has 0 aromatic heterocycles. The summed E-state index contributed by atoms with van der Waals surface area (Å²) in [4.78, 5) is 38.4. The van der Waals surface area contributed by atoms with Crippen molar-refractivity contribution in [2.75, 3.05) is 13.2 Å². The predicted octanol–water partition coefficient (Wildman–Crippen LogP) is 23.9. The van der Waals surface area contributed by atoms with E-state index in [9.17, 15) is 14.4 Å². The van der Waals surface area contributed by atoms with E-state index in [1.807, 2.05) is 6.08 Å². The maximum Gasteiger partial charge on any atom is 0.309 e. The van der Waals surface area contributed by atoms with Crippen molar-refractivity contribution in [1.29, 1.82) is 0 Å². The van der Waals surface area contributed by atoms with Gasteiger partial charge in [0.25, 0.3) is 0 Å². The summed E-state index contributed by atoms with van der Waals surface area (Å²) in [7, 11) is 0. The molecular weight excluding hydrogens is 1010 g/mol. The van der Waals surface area contributed by atoms with Crippen molar-refractivity contribution >= 4 is 17.9 Å². The zero-order chi connectivity index (χ0) is 59.2. The Bertz CT molecular complexity index is 1690. The highest BCUT2D eigenvalue weighted by atomic mass is 16.6. The van der Waals surface area contributed by atoms with Crippen LogP contribution in [0.5, 0.6) is 0 Å². The molecule has 0 saturated carbocycles. The Morgan fingerprint density at radius 2 is 0.524 bits per heavy atom. The van der Waals surface area contributed by atoms with Gasteiger partial charge in [-0.2, -0.15) is 0 Å². The molecule has 0 aliphatic carbocycles. The lowest BCUT2D eigenvalue weighted by atomic mass is 10.0. The molecule has 0 rings (SSSR count). The standard InChI is InChI=1S/C76H128O6/c1-4-7-10-13-16-19-22-25-28-30-32-34-36-38-40-41-43-45-48-51-54-57-60-63-66-69-75(78)81-72-73(71-80-74(77)68-65-62-59-56-53-50-47-27-24-21-18-15-12-9-6-3)82-76(79)70-67-64-61-58-55-52-49-46-44-42-39-37-35-33-31-29-26-23-20-17-14-11-8-5-2/h7,9-10,12,16,18-19,21,25,27-28,32,34,38,40,47,53,56,62,65,73H,4-6,8,11,13-15,17,20,22-24,26,29-31,33,35-37,39,41-46,48-52,54-55,57-61,63-64,66-72H2,1-3H3/b10-7-,12-9-,19-16-,21-18-,28-25-,34-32-,40-38-,47-27-,56-53-,65-62-. The first-order valence-corrected chi connectivity index (χ1v) is 34.5. The fraction of sp³-hybridized carbons (Fsp3) is 0.697. The lowest BCUT2D eigenvalue weighted by Gasteiger charge is -2.18. The van der Waals surface area contributed by atoms with Crippen molar-refractivity contribution in [3.63, 3.8) is 0 Å². The normalized spacial score (nSPS) is 12.9. The zero-order valence-corrected chi connectivity index (χ0v) is 53.7. The minimum Gasteiger partial charge on any atom is -0.462 e. The summed E-state index contributed by atoms with van der Waals surface area (Å²) in [6.45, 7) is 6.36. The molecule has 0 saturated heterocycles. The maximum absolute atomic E-state index is 13.0. The summed E-state index contributed by atoms with van der Waals surface area (Å²) in [6.07, 6.45) is 96.8. The molecular formula is C76H128O6. The smallest absolute Gasteiger partial charge is 0.309 e. The molecule has 6 nitrogen and oxygen atoms in total. The summed E-state index contributed by atoms with van der Waals surface area (Å²) < 4.78 is 16.9. The lowest BCUT2D eigenvalue weighted by molar-refractivity contribution is -0.166. The molecule has 0 spiro atoms. The maximum atomic E-state index is 13.0. The molecule has 0 aromatic rings.